The maximum Gasteiger partial charge on any atom is 0.311 e. The summed E-state index contributed by atoms with van der Waals surface area (Å²) >= 11 is 0. The third kappa shape index (κ3) is 1.82. The molecule has 0 radical (unpaired) electrons. The van der Waals surface area contributed by atoms with Gasteiger partial charge < -0.3 is 10.4 Å². The van der Waals surface area contributed by atoms with E-state index in [9.17, 15) is 4.79 Å². The Morgan fingerprint density at radius 2 is 2.14 bits per heavy atom. The van der Waals surface area contributed by atoms with Gasteiger partial charge in [-0.3, -0.25) is 4.79 Å². The molecule has 1 aliphatic heterocycles. The quantitative estimate of drug-likeness (QED) is 0.751. The van der Waals surface area contributed by atoms with Crippen LogP contribution in [-0.4, -0.2) is 17.6 Å². The molecule has 3 nitrogen and oxygen atoms in total. The van der Waals surface area contributed by atoms with Gasteiger partial charge in [0, 0.05) is 12.2 Å². The predicted octanol–water partition coefficient (Wildman–Crippen LogP) is 2.09. The minimum atomic E-state index is -0.728. The van der Waals surface area contributed by atoms with Gasteiger partial charge in [0.2, 0.25) is 0 Å². The molecule has 0 aliphatic carbocycles. The van der Waals surface area contributed by atoms with Crippen LogP contribution < -0.4 is 5.32 Å². The van der Waals surface area contributed by atoms with E-state index < -0.39 is 5.97 Å². The zero-order valence-corrected chi connectivity index (χ0v) is 8.38. The molecule has 0 aromatic heterocycles. The Hall–Kier alpha value is -1.22. The Morgan fingerprint density at radius 1 is 1.43 bits per heavy atom. The summed E-state index contributed by atoms with van der Waals surface area (Å²) in [6.07, 6.45) is 0.673. The fraction of sp³-hybridized carbons (Fsp3) is 0.300. The average Bonchev–Trinajstić information content (AvgIpc) is 2.17. The van der Waals surface area contributed by atoms with Crippen LogP contribution in [0.25, 0.3) is 0 Å². The third-order valence-electron chi connectivity index (χ3n) is 2.38. The van der Waals surface area contributed by atoms with Crippen molar-refractivity contribution in [1.29, 1.82) is 0 Å². The molecule has 1 aliphatic rings. The van der Waals surface area contributed by atoms with Gasteiger partial charge in [-0.05, 0) is 18.1 Å². The van der Waals surface area contributed by atoms with Crippen molar-refractivity contribution in [3.8, 4) is 0 Å². The van der Waals surface area contributed by atoms with Crippen molar-refractivity contribution in [2.75, 3.05) is 11.9 Å². The fourth-order valence-electron chi connectivity index (χ4n) is 1.73. The van der Waals surface area contributed by atoms with E-state index in [0.717, 1.165) is 17.8 Å². The molecular weight excluding hydrogens is 202 g/mol. The number of anilines is 1. The van der Waals surface area contributed by atoms with Gasteiger partial charge in [-0.2, -0.15) is 0 Å². The van der Waals surface area contributed by atoms with Crippen molar-refractivity contribution >= 4 is 24.1 Å². The second-order valence-electron chi connectivity index (χ2n) is 3.19. The fourth-order valence-corrected chi connectivity index (χ4v) is 1.73. The molecule has 76 valence electrons. The number of hydrogen-bond donors (Lipinski definition) is 2. The monoisotopic (exact) mass is 213 g/mol. The molecule has 1 heterocycles. The zero-order valence-electron chi connectivity index (χ0n) is 7.56. The number of benzene rings is 1. The molecule has 0 spiro atoms. The van der Waals surface area contributed by atoms with E-state index in [1.165, 1.54) is 0 Å². The highest BCUT2D eigenvalue weighted by Crippen LogP contribution is 2.30. The Morgan fingerprint density at radius 3 is 2.86 bits per heavy atom. The first kappa shape index (κ1) is 10.9. The number of rotatable bonds is 1. The molecule has 0 amide bonds. The van der Waals surface area contributed by atoms with Crippen LogP contribution in [0.15, 0.2) is 24.3 Å². The lowest BCUT2D eigenvalue weighted by atomic mass is 9.91. The van der Waals surface area contributed by atoms with E-state index in [2.05, 4.69) is 5.32 Å². The van der Waals surface area contributed by atoms with Gasteiger partial charge in [0.05, 0.1) is 5.92 Å². The van der Waals surface area contributed by atoms with Crippen LogP contribution in [0.5, 0.6) is 0 Å². The number of carboxylic acid groups (broad SMARTS) is 1. The standard InChI is InChI=1S/C10H11NO2.ClH/c12-10(13)8-5-6-11-9-4-2-1-3-7(8)9;/h1-4,8,11H,5-6H2,(H,12,13);1H/t8-;/m1./s1. The van der Waals surface area contributed by atoms with Gasteiger partial charge in [-0.1, -0.05) is 18.2 Å². The van der Waals surface area contributed by atoms with Gasteiger partial charge in [0.15, 0.2) is 0 Å². The number of aliphatic carboxylic acids is 1. The Kier molecular flexibility index (Phi) is 3.36. The van der Waals surface area contributed by atoms with Crippen LogP contribution in [0, 0.1) is 0 Å². The number of para-hydroxylation sites is 1. The summed E-state index contributed by atoms with van der Waals surface area (Å²) in [6.45, 7) is 0.744. The summed E-state index contributed by atoms with van der Waals surface area (Å²) < 4.78 is 0. The maximum atomic E-state index is 10.9. The summed E-state index contributed by atoms with van der Waals surface area (Å²) in [4.78, 5) is 10.9. The molecule has 0 saturated carbocycles. The smallest absolute Gasteiger partial charge is 0.311 e. The van der Waals surface area contributed by atoms with E-state index in [-0.39, 0.29) is 18.3 Å². The highest BCUT2D eigenvalue weighted by atomic mass is 35.5. The van der Waals surface area contributed by atoms with Crippen LogP contribution >= 0.6 is 12.4 Å². The van der Waals surface area contributed by atoms with E-state index >= 15 is 0 Å². The van der Waals surface area contributed by atoms with E-state index in [0.29, 0.717) is 6.42 Å². The van der Waals surface area contributed by atoms with Crippen molar-refractivity contribution < 1.29 is 9.90 Å². The molecule has 2 N–H and O–H groups in total. The van der Waals surface area contributed by atoms with Gasteiger partial charge in [0.1, 0.15) is 0 Å². The summed E-state index contributed by atoms with van der Waals surface area (Å²) in [5.74, 6) is -1.06. The van der Waals surface area contributed by atoms with E-state index in [1.54, 1.807) is 0 Å². The van der Waals surface area contributed by atoms with Crippen LogP contribution in [0.4, 0.5) is 5.69 Å². The number of carboxylic acids is 1. The lowest BCUT2D eigenvalue weighted by molar-refractivity contribution is -0.138. The molecule has 0 saturated heterocycles. The normalized spacial score (nSPS) is 18.7. The SMILES string of the molecule is Cl.O=C(O)[C@@H]1CCNc2ccccc21. The van der Waals surface area contributed by atoms with Gasteiger partial charge in [0.25, 0.3) is 0 Å². The maximum absolute atomic E-state index is 10.9. The first-order valence-electron chi connectivity index (χ1n) is 4.34. The lowest BCUT2D eigenvalue weighted by Crippen LogP contribution is -2.22. The highest BCUT2D eigenvalue weighted by Gasteiger charge is 2.25. The van der Waals surface area contributed by atoms with Crippen LogP contribution in [-0.2, 0) is 4.79 Å². The molecule has 4 heteroatoms. The summed E-state index contributed by atoms with van der Waals surface area (Å²) in [6, 6.07) is 7.59. The Labute approximate surface area is 88.5 Å². The number of hydrogen-bond acceptors (Lipinski definition) is 2. The summed E-state index contributed by atoms with van der Waals surface area (Å²) in [5.41, 5.74) is 1.86. The van der Waals surface area contributed by atoms with Crippen molar-refractivity contribution in [3.05, 3.63) is 29.8 Å². The second-order valence-corrected chi connectivity index (χ2v) is 3.19. The van der Waals surface area contributed by atoms with Crippen molar-refractivity contribution in [2.45, 2.75) is 12.3 Å². The zero-order chi connectivity index (χ0) is 9.26. The number of halogens is 1. The minimum Gasteiger partial charge on any atom is -0.481 e. The Balaban J connectivity index is 0.000000980. The number of fused-ring (bicyclic) bond motifs is 1. The lowest BCUT2D eigenvalue weighted by Gasteiger charge is -2.23. The van der Waals surface area contributed by atoms with E-state index in [4.69, 9.17) is 5.11 Å². The average molecular weight is 214 g/mol. The topological polar surface area (TPSA) is 49.3 Å². The molecule has 0 bridgehead atoms. The number of carbonyl (C=O) groups is 1. The van der Waals surface area contributed by atoms with Crippen molar-refractivity contribution in [2.24, 2.45) is 0 Å². The predicted molar refractivity (Wildman–Crippen MR) is 57.2 cm³/mol. The van der Waals surface area contributed by atoms with Gasteiger partial charge in [-0.15, -0.1) is 12.4 Å². The molecular formula is C10H12ClNO2. The highest BCUT2D eigenvalue weighted by molar-refractivity contribution is 5.85. The number of nitrogens with one attached hydrogen (secondary N) is 1. The van der Waals surface area contributed by atoms with Crippen molar-refractivity contribution in [3.63, 3.8) is 0 Å². The molecule has 0 unspecified atom stereocenters. The van der Waals surface area contributed by atoms with Crippen molar-refractivity contribution in [1.82, 2.24) is 0 Å². The van der Waals surface area contributed by atoms with Gasteiger partial charge in [-0.25, -0.2) is 0 Å². The molecule has 1 aromatic rings. The van der Waals surface area contributed by atoms with Crippen LogP contribution in [0.3, 0.4) is 0 Å². The van der Waals surface area contributed by atoms with Crippen LogP contribution in [0.2, 0.25) is 0 Å². The molecule has 14 heavy (non-hydrogen) atoms. The van der Waals surface area contributed by atoms with Crippen LogP contribution in [0.1, 0.15) is 17.9 Å². The summed E-state index contributed by atoms with van der Waals surface area (Å²) in [7, 11) is 0. The van der Waals surface area contributed by atoms with Gasteiger partial charge >= 0.3 is 5.97 Å². The first-order valence-corrected chi connectivity index (χ1v) is 4.34. The molecule has 1 atom stereocenters. The molecule has 0 fully saturated rings. The third-order valence-corrected chi connectivity index (χ3v) is 2.38. The summed E-state index contributed by atoms with van der Waals surface area (Å²) in [5, 5.41) is 12.1. The van der Waals surface area contributed by atoms with E-state index in [1.807, 2.05) is 24.3 Å². The Bertz CT molecular complexity index is 341. The second kappa shape index (κ2) is 4.33. The molecule has 1 aromatic carbocycles. The minimum absolute atomic E-state index is 0. The largest absolute Gasteiger partial charge is 0.481 e. The molecule has 2 rings (SSSR count). The first-order chi connectivity index (χ1) is 6.29.